The number of amides is 1. The van der Waals surface area contributed by atoms with Gasteiger partial charge in [-0.05, 0) is 6.42 Å². The minimum absolute atomic E-state index is 0.301. The summed E-state index contributed by atoms with van der Waals surface area (Å²) in [6.07, 6.45) is -4.72. The van der Waals surface area contributed by atoms with Crippen molar-refractivity contribution in [1.82, 2.24) is 4.98 Å². The van der Waals surface area contributed by atoms with Crippen LogP contribution in [0.1, 0.15) is 22.3 Å². The zero-order valence-electron chi connectivity index (χ0n) is 8.46. The first kappa shape index (κ1) is 13.4. The van der Waals surface area contributed by atoms with Gasteiger partial charge in [0.05, 0.1) is 0 Å². The number of carboxylic acid groups (broad SMARTS) is 1. The molecule has 0 aliphatic carbocycles. The monoisotopic (exact) mass is 268 g/mol. The van der Waals surface area contributed by atoms with E-state index in [1.165, 1.54) is 5.32 Å². The normalized spacial score (nSPS) is 11.3. The Hall–Kier alpha value is -1.64. The number of aromatic carboxylic acids is 1. The molecule has 2 N–H and O–H groups in total. The van der Waals surface area contributed by atoms with E-state index in [-0.39, 0.29) is 10.8 Å². The molecule has 1 aromatic heterocycles. The number of hydrogen-bond donors (Lipinski definition) is 2. The van der Waals surface area contributed by atoms with Gasteiger partial charge >= 0.3 is 18.1 Å². The summed E-state index contributed by atoms with van der Waals surface area (Å²) in [4.78, 5) is 25.0. The molecular formula is C8H7F3N2O3S. The Morgan fingerprint density at radius 3 is 2.41 bits per heavy atom. The molecule has 0 spiro atoms. The van der Waals surface area contributed by atoms with E-state index in [9.17, 15) is 22.8 Å². The highest BCUT2D eigenvalue weighted by Crippen LogP contribution is 2.25. The van der Waals surface area contributed by atoms with E-state index < -0.39 is 18.1 Å². The average Bonchev–Trinajstić information content (AvgIpc) is 2.59. The summed E-state index contributed by atoms with van der Waals surface area (Å²) >= 11 is 0.708. The van der Waals surface area contributed by atoms with Crippen LogP contribution in [0.25, 0.3) is 0 Å². The number of anilines is 1. The molecule has 0 saturated heterocycles. The second kappa shape index (κ2) is 4.70. The lowest BCUT2D eigenvalue weighted by molar-refractivity contribution is -0.167. The zero-order chi connectivity index (χ0) is 13.2. The molecular weight excluding hydrogens is 261 g/mol. The summed E-state index contributed by atoms with van der Waals surface area (Å²) in [5, 5.41) is 9.85. The molecule has 9 heteroatoms. The Bertz CT molecular complexity index is 455. The molecule has 1 heterocycles. The molecule has 0 aromatic carbocycles. The van der Waals surface area contributed by atoms with E-state index >= 15 is 0 Å². The molecule has 0 bridgehead atoms. The predicted molar refractivity (Wildman–Crippen MR) is 53.1 cm³/mol. The molecule has 1 rings (SSSR count). The van der Waals surface area contributed by atoms with Gasteiger partial charge in [-0.25, -0.2) is 9.78 Å². The smallest absolute Gasteiger partial charge is 0.471 e. The second-order valence-electron chi connectivity index (χ2n) is 2.90. The second-order valence-corrected chi connectivity index (χ2v) is 3.99. The van der Waals surface area contributed by atoms with Crippen molar-refractivity contribution in [2.45, 2.75) is 19.5 Å². The SMILES string of the molecule is CCc1sc(NC(=O)C(F)(F)F)nc1C(=O)O. The number of hydrogen-bond acceptors (Lipinski definition) is 4. The van der Waals surface area contributed by atoms with Gasteiger partial charge in [0, 0.05) is 4.88 Å². The minimum Gasteiger partial charge on any atom is -0.476 e. The van der Waals surface area contributed by atoms with Gasteiger partial charge in [0.2, 0.25) is 0 Å². The summed E-state index contributed by atoms with van der Waals surface area (Å²) in [5.41, 5.74) is -0.338. The average molecular weight is 268 g/mol. The van der Waals surface area contributed by atoms with Gasteiger partial charge < -0.3 is 5.11 Å². The van der Waals surface area contributed by atoms with Crippen molar-refractivity contribution in [2.24, 2.45) is 0 Å². The van der Waals surface area contributed by atoms with Crippen LogP contribution in [-0.4, -0.2) is 28.1 Å². The first-order chi connectivity index (χ1) is 7.75. The molecule has 0 fully saturated rings. The third kappa shape index (κ3) is 3.16. The highest BCUT2D eigenvalue weighted by Gasteiger charge is 2.39. The Kier molecular flexibility index (Phi) is 3.71. The van der Waals surface area contributed by atoms with Crippen LogP contribution in [0.5, 0.6) is 0 Å². The van der Waals surface area contributed by atoms with Crippen molar-refractivity contribution >= 4 is 28.3 Å². The number of carbonyl (C=O) groups excluding carboxylic acids is 1. The van der Waals surface area contributed by atoms with Crippen molar-refractivity contribution in [2.75, 3.05) is 5.32 Å². The quantitative estimate of drug-likeness (QED) is 0.877. The van der Waals surface area contributed by atoms with Gasteiger partial charge in [-0.3, -0.25) is 10.1 Å². The Balaban J connectivity index is 2.94. The maximum absolute atomic E-state index is 11.9. The van der Waals surface area contributed by atoms with Crippen molar-refractivity contribution in [1.29, 1.82) is 0 Å². The third-order valence-electron chi connectivity index (χ3n) is 1.70. The summed E-state index contributed by atoms with van der Waals surface area (Å²) in [6.45, 7) is 1.63. The van der Waals surface area contributed by atoms with Gasteiger partial charge in [0.25, 0.3) is 0 Å². The number of halogens is 3. The molecule has 1 amide bonds. The van der Waals surface area contributed by atoms with Crippen LogP contribution in [0.15, 0.2) is 0 Å². The van der Waals surface area contributed by atoms with Gasteiger partial charge in [-0.15, -0.1) is 11.3 Å². The molecule has 1 aromatic rings. The van der Waals surface area contributed by atoms with Crippen molar-refractivity contribution in [3.8, 4) is 0 Å². The number of thiazole rings is 1. The number of carbonyl (C=O) groups is 2. The number of alkyl halides is 3. The fraction of sp³-hybridized carbons (Fsp3) is 0.375. The summed E-state index contributed by atoms with van der Waals surface area (Å²) < 4.78 is 35.8. The van der Waals surface area contributed by atoms with E-state index in [1.807, 2.05) is 0 Å². The highest BCUT2D eigenvalue weighted by atomic mass is 32.1. The molecule has 0 radical (unpaired) electrons. The maximum Gasteiger partial charge on any atom is 0.471 e. The van der Waals surface area contributed by atoms with E-state index in [0.29, 0.717) is 22.6 Å². The number of aromatic nitrogens is 1. The molecule has 0 saturated carbocycles. The zero-order valence-corrected chi connectivity index (χ0v) is 9.28. The number of nitrogens with zero attached hydrogens (tertiary/aromatic N) is 1. The fourth-order valence-electron chi connectivity index (χ4n) is 0.980. The van der Waals surface area contributed by atoms with Crippen LogP contribution >= 0.6 is 11.3 Å². The maximum atomic E-state index is 11.9. The van der Waals surface area contributed by atoms with E-state index in [1.54, 1.807) is 6.92 Å². The van der Waals surface area contributed by atoms with Crippen LogP contribution in [0.2, 0.25) is 0 Å². The molecule has 0 unspecified atom stereocenters. The topological polar surface area (TPSA) is 79.3 Å². The number of aryl methyl sites for hydroxylation is 1. The summed E-state index contributed by atoms with van der Waals surface area (Å²) in [6, 6.07) is 0. The Morgan fingerprint density at radius 2 is 2.06 bits per heavy atom. The number of rotatable bonds is 3. The number of nitrogens with one attached hydrogen (secondary N) is 1. The van der Waals surface area contributed by atoms with Gasteiger partial charge in [0.1, 0.15) is 0 Å². The fourth-order valence-corrected chi connectivity index (χ4v) is 1.87. The van der Waals surface area contributed by atoms with Crippen molar-refractivity contribution in [3.05, 3.63) is 10.6 Å². The van der Waals surface area contributed by atoms with Crippen LogP contribution < -0.4 is 5.32 Å². The lowest BCUT2D eigenvalue weighted by atomic mass is 10.3. The van der Waals surface area contributed by atoms with Crippen LogP contribution in [0, 0.1) is 0 Å². The van der Waals surface area contributed by atoms with E-state index in [4.69, 9.17) is 5.11 Å². The van der Waals surface area contributed by atoms with Crippen molar-refractivity contribution in [3.63, 3.8) is 0 Å². The Labute approximate surface area is 97.3 Å². The summed E-state index contributed by atoms with van der Waals surface area (Å²) in [7, 11) is 0. The Morgan fingerprint density at radius 1 is 1.47 bits per heavy atom. The van der Waals surface area contributed by atoms with Gasteiger partial charge in [-0.1, -0.05) is 6.92 Å². The highest BCUT2D eigenvalue weighted by molar-refractivity contribution is 7.16. The van der Waals surface area contributed by atoms with Gasteiger partial charge in [0.15, 0.2) is 10.8 Å². The van der Waals surface area contributed by atoms with Crippen LogP contribution in [-0.2, 0) is 11.2 Å². The van der Waals surface area contributed by atoms with Gasteiger partial charge in [-0.2, -0.15) is 13.2 Å². The number of carboxylic acids is 1. The molecule has 17 heavy (non-hydrogen) atoms. The standard InChI is InChI=1S/C8H7F3N2O3S/c1-2-3-4(5(14)15)12-7(17-3)13-6(16)8(9,10)11/h2H2,1H3,(H,14,15)(H,12,13,16). The first-order valence-corrected chi connectivity index (χ1v) is 5.18. The molecule has 0 aliphatic heterocycles. The lowest BCUT2D eigenvalue weighted by Gasteiger charge is -2.03. The predicted octanol–water partition coefficient (Wildman–Crippen LogP) is 1.90. The molecule has 94 valence electrons. The molecule has 0 atom stereocenters. The molecule has 0 aliphatic rings. The van der Waals surface area contributed by atoms with Crippen molar-refractivity contribution < 1.29 is 27.9 Å². The minimum atomic E-state index is -5.03. The molecule has 5 nitrogen and oxygen atoms in total. The van der Waals surface area contributed by atoms with E-state index in [0.717, 1.165) is 0 Å². The van der Waals surface area contributed by atoms with Crippen LogP contribution in [0.3, 0.4) is 0 Å². The van der Waals surface area contributed by atoms with E-state index in [2.05, 4.69) is 4.98 Å². The van der Waals surface area contributed by atoms with Crippen LogP contribution in [0.4, 0.5) is 18.3 Å². The first-order valence-electron chi connectivity index (χ1n) is 4.36. The lowest BCUT2D eigenvalue weighted by Crippen LogP contribution is -2.29. The largest absolute Gasteiger partial charge is 0.476 e. The summed E-state index contributed by atoms with van der Waals surface area (Å²) in [5.74, 6) is -3.52. The third-order valence-corrected chi connectivity index (χ3v) is 2.81.